The van der Waals surface area contributed by atoms with Gasteiger partial charge in [-0.3, -0.25) is 9.59 Å². The van der Waals surface area contributed by atoms with Gasteiger partial charge in [0.2, 0.25) is 0 Å². The van der Waals surface area contributed by atoms with E-state index in [2.05, 4.69) is 15.5 Å². The Kier molecular flexibility index (Phi) is 5.85. The van der Waals surface area contributed by atoms with Crippen LogP contribution >= 0.6 is 0 Å². The molecule has 35 heavy (non-hydrogen) atoms. The van der Waals surface area contributed by atoms with E-state index < -0.39 is 11.3 Å². The normalized spacial score (nSPS) is 11.3. The summed E-state index contributed by atoms with van der Waals surface area (Å²) in [7, 11) is 0. The van der Waals surface area contributed by atoms with Crippen LogP contribution in [0.3, 0.4) is 0 Å². The second-order valence-electron chi connectivity index (χ2n) is 8.26. The van der Waals surface area contributed by atoms with Crippen LogP contribution in [0.15, 0.2) is 94.3 Å². The van der Waals surface area contributed by atoms with Crippen molar-refractivity contribution in [3.63, 3.8) is 0 Å². The maximum absolute atomic E-state index is 13.3. The standard InChI is InChI=1S/C29H23N3O3/c1-18-26(19(2)35-32-18)21-14-15-24-23(17-21)28(30-22-11-7-4-8-12-22)27(29(34)31-24)25(33)16-13-20-9-5-3-6-10-20/h3-17H,1-2H3,(H2,30,31,34). The number of hydrogen-bond acceptors (Lipinski definition) is 5. The van der Waals surface area contributed by atoms with E-state index in [1.165, 1.54) is 6.08 Å². The fourth-order valence-electron chi connectivity index (χ4n) is 4.19. The van der Waals surface area contributed by atoms with Crippen LogP contribution < -0.4 is 10.9 Å². The second-order valence-corrected chi connectivity index (χ2v) is 8.26. The third kappa shape index (κ3) is 4.42. The molecule has 0 spiro atoms. The number of pyridine rings is 1. The molecule has 0 radical (unpaired) electrons. The molecule has 2 heterocycles. The zero-order valence-electron chi connectivity index (χ0n) is 19.3. The molecule has 0 aliphatic carbocycles. The third-order valence-corrected chi connectivity index (χ3v) is 5.85. The summed E-state index contributed by atoms with van der Waals surface area (Å²) in [5, 5.41) is 8.10. The van der Waals surface area contributed by atoms with Gasteiger partial charge in [-0.05, 0) is 55.3 Å². The Labute approximate surface area is 201 Å². The Morgan fingerprint density at radius 2 is 1.69 bits per heavy atom. The van der Waals surface area contributed by atoms with E-state index in [4.69, 9.17) is 4.52 Å². The monoisotopic (exact) mass is 461 g/mol. The number of carbonyl (C=O) groups is 1. The molecule has 0 aliphatic heterocycles. The van der Waals surface area contributed by atoms with Crippen molar-refractivity contribution < 1.29 is 9.32 Å². The van der Waals surface area contributed by atoms with Gasteiger partial charge in [0.05, 0.1) is 16.9 Å². The molecule has 3 aromatic carbocycles. The molecule has 2 aromatic heterocycles. The summed E-state index contributed by atoms with van der Waals surface area (Å²) < 4.78 is 5.36. The minimum absolute atomic E-state index is 0.0458. The topological polar surface area (TPSA) is 88.0 Å². The lowest BCUT2D eigenvalue weighted by Crippen LogP contribution is -2.19. The lowest BCUT2D eigenvalue weighted by atomic mass is 9.98. The summed E-state index contributed by atoms with van der Waals surface area (Å²) in [6.45, 7) is 3.74. The van der Waals surface area contributed by atoms with Crippen LogP contribution in [0.5, 0.6) is 0 Å². The number of aromatic nitrogens is 2. The average Bonchev–Trinajstić information content (AvgIpc) is 3.21. The van der Waals surface area contributed by atoms with Crippen LogP contribution in [0.4, 0.5) is 11.4 Å². The number of rotatable bonds is 6. The largest absolute Gasteiger partial charge is 0.361 e. The molecule has 0 unspecified atom stereocenters. The molecular formula is C29H23N3O3. The number of anilines is 2. The Morgan fingerprint density at radius 1 is 0.971 bits per heavy atom. The van der Waals surface area contributed by atoms with Crippen molar-refractivity contribution in [1.82, 2.24) is 10.1 Å². The van der Waals surface area contributed by atoms with E-state index in [1.54, 1.807) is 6.08 Å². The van der Waals surface area contributed by atoms with Crippen LogP contribution in [-0.2, 0) is 0 Å². The van der Waals surface area contributed by atoms with Gasteiger partial charge in [-0.25, -0.2) is 0 Å². The van der Waals surface area contributed by atoms with Crippen LogP contribution in [0.25, 0.3) is 28.1 Å². The Morgan fingerprint density at radius 3 is 2.37 bits per heavy atom. The molecule has 0 aliphatic rings. The minimum Gasteiger partial charge on any atom is -0.361 e. The van der Waals surface area contributed by atoms with Gasteiger partial charge in [0.1, 0.15) is 11.3 Å². The van der Waals surface area contributed by atoms with Crippen LogP contribution in [0.2, 0.25) is 0 Å². The van der Waals surface area contributed by atoms with Crippen molar-refractivity contribution in [1.29, 1.82) is 0 Å². The second kappa shape index (κ2) is 9.27. The lowest BCUT2D eigenvalue weighted by Gasteiger charge is -2.14. The number of fused-ring (bicyclic) bond motifs is 1. The van der Waals surface area contributed by atoms with Gasteiger partial charge < -0.3 is 14.8 Å². The van der Waals surface area contributed by atoms with Gasteiger partial charge in [-0.1, -0.05) is 65.8 Å². The van der Waals surface area contributed by atoms with Crippen molar-refractivity contribution in [3.05, 3.63) is 118 Å². The van der Waals surface area contributed by atoms with Gasteiger partial charge in [0, 0.05) is 16.6 Å². The number of nitrogens with zero attached hydrogens (tertiary/aromatic N) is 1. The van der Waals surface area contributed by atoms with Crippen molar-refractivity contribution in [2.24, 2.45) is 0 Å². The predicted octanol–water partition coefficient (Wildman–Crippen LogP) is 6.44. The van der Waals surface area contributed by atoms with Gasteiger partial charge in [0.25, 0.3) is 5.56 Å². The highest BCUT2D eigenvalue weighted by atomic mass is 16.5. The number of para-hydroxylation sites is 1. The molecule has 5 rings (SSSR count). The van der Waals surface area contributed by atoms with Crippen molar-refractivity contribution >= 4 is 34.1 Å². The van der Waals surface area contributed by atoms with Crippen LogP contribution in [0.1, 0.15) is 27.4 Å². The smallest absolute Gasteiger partial charge is 0.261 e. The third-order valence-electron chi connectivity index (χ3n) is 5.85. The van der Waals surface area contributed by atoms with E-state index in [-0.39, 0.29) is 5.56 Å². The van der Waals surface area contributed by atoms with Crippen molar-refractivity contribution in [2.45, 2.75) is 13.8 Å². The van der Waals surface area contributed by atoms with E-state index in [1.807, 2.05) is 92.7 Å². The molecule has 0 saturated carbocycles. The number of aromatic amines is 1. The molecule has 0 bridgehead atoms. The minimum atomic E-state index is -0.455. The number of aryl methyl sites for hydroxylation is 2. The highest BCUT2D eigenvalue weighted by molar-refractivity contribution is 6.15. The lowest BCUT2D eigenvalue weighted by molar-refractivity contribution is 0.104. The molecule has 0 fully saturated rings. The van der Waals surface area contributed by atoms with Gasteiger partial charge in [-0.2, -0.15) is 0 Å². The van der Waals surface area contributed by atoms with Crippen LogP contribution in [-0.4, -0.2) is 15.9 Å². The molecular weight excluding hydrogens is 438 g/mol. The summed E-state index contributed by atoms with van der Waals surface area (Å²) in [4.78, 5) is 29.4. The fraction of sp³-hybridized carbons (Fsp3) is 0.0690. The fourth-order valence-corrected chi connectivity index (χ4v) is 4.19. The zero-order chi connectivity index (χ0) is 24.4. The molecule has 2 N–H and O–H groups in total. The summed E-state index contributed by atoms with van der Waals surface area (Å²) in [6, 6.07) is 24.7. The van der Waals surface area contributed by atoms with Gasteiger partial charge in [-0.15, -0.1) is 0 Å². The quantitative estimate of drug-likeness (QED) is 0.224. The first-order chi connectivity index (χ1) is 17.0. The number of ketones is 1. The SMILES string of the molecule is Cc1noc(C)c1-c1ccc2[nH]c(=O)c(C(=O)C=Cc3ccccc3)c(Nc3ccccc3)c2c1. The number of carbonyl (C=O) groups excluding carboxylic acids is 1. The summed E-state index contributed by atoms with van der Waals surface area (Å²) in [6.07, 6.45) is 3.14. The number of nitrogens with one attached hydrogen (secondary N) is 2. The first kappa shape index (κ1) is 22.1. The van der Waals surface area contributed by atoms with Crippen LogP contribution in [0, 0.1) is 13.8 Å². The first-order valence-corrected chi connectivity index (χ1v) is 11.2. The van der Waals surface area contributed by atoms with Gasteiger partial charge >= 0.3 is 0 Å². The summed E-state index contributed by atoms with van der Waals surface area (Å²) >= 11 is 0. The maximum Gasteiger partial charge on any atom is 0.261 e. The molecule has 5 aromatic rings. The Hall–Kier alpha value is -4.71. The molecule has 172 valence electrons. The maximum atomic E-state index is 13.3. The van der Waals surface area contributed by atoms with Gasteiger partial charge in [0.15, 0.2) is 5.78 Å². The Balaban J connectivity index is 1.71. The van der Waals surface area contributed by atoms with E-state index >= 15 is 0 Å². The molecule has 0 amide bonds. The number of hydrogen-bond donors (Lipinski definition) is 2. The molecule has 0 atom stereocenters. The summed E-state index contributed by atoms with van der Waals surface area (Å²) in [5.41, 5.74) is 4.84. The number of H-pyrrole nitrogens is 1. The Bertz CT molecular complexity index is 1590. The highest BCUT2D eigenvalue weighted by Crippen LogP contribution is 2.34. The van der Waals surface area contributed by atoms with Crippen molar-refractivity contribution in [2.75, 3.05) is 5.32 Å². The average molecular weight is 462 g/mol. The molecule has 6 nitrogen and oxygen atoms in total. The first-order valence-electron chi connectivity index (χ1n) is 11.2. The van der Waals surface area contributed by atoms with E-state index in [0.717, 1.165) is 28.1 Å². The van der Waals surface area contributed by atoms with E-state index in [0.29, 0.717) is 22.4 Å². The number of allylic oxidation sites excluding steroid dienone is 1. The van der Waals surface area contributed by atoms with E-state index in [9.17, 15) is 9.59 Å². The summed E-state index contributed by atoms with van der Waals surface area (Å²) in [5.74, 6) is 0.309. The highest BCUT2D eigenvalue weighted by Gasteiger charge is 2.20. The predicted molar refractivity (Wildman–Crippen MR) is 139 cm³/mol. The molecule has 6 heteroatoms. The number of benzene rings is 3. The molecule has 0 saturated heterocycles. The van der Waals surface area contributed by atoms with Crippen molar-refractivity contribution in [3.8, 4) is 11.1 Å². The zero-order valence-corrected chi connectivity index (χ0v) is 19.3.